The number of oxime groups is 1. The van der Waals surface area contributed by atoms with Crippen LogP contribution in [0.3, 0.4) is 0 Å². The molecule has 0 aliphatic carbocycles. The van der Waals surface area contributed by atoms with Crippen LogP contribution in [-0.4, -0.2) is 22.6 Å². The number of nitrogens with zero attached hydrogens (tertiary/aromatic N) is 3. The van der Waals surface area contributed by atoms with E-state index in [0.717, 1.165) is 18.7 Å². The lowest BCUT2D eigenvalue weighted by atomic mass is 10.3. The fourth-order valence-corrected chi connectivity index (χ4v) is 1.30. The van der Waals surface area contributed by atoms with Crippen LogP contribution >= 0.6 is 0 Å². The molecule has 5 heteroatoms. The smallest absolute Gasteiger partial charge is 0.305 e. The largest absolute Gasteiger partial charge is 0.411 e. The molecular formula is C11H16N3O2+. The fourth-order valence-electron chi connectivity index (χ4n) is 1.30. The van der Waals surface area contributed by atoms with Gasteiger partial charge in [0.2, 0.25) is 0 Å². The number of hydrogen-bond acceptors (Lipinski definition) is 3. The normalized spacial score (nSPS) is 10.8. The van der Waals surface area contributed by atoms with Crippen LogP contribution in [0.15, 0.2) is 17.5 Å². The molecule has 0 spiro atoms. The maximum atomic E-state index is 8.51. The highest BCUT2D eigenvalue weighted by molar-refractivity contribution is 5.72. The van der Waals surface area contributed by atoms with Crippen molar-refractivity contribution < 1.29 is 14.5 Å². The minimum atomic E-state index is 0.423. The molecule has 0 bridgehead atoms. The van der Waals surface area contributed by atoms with Gasteiger partial charge < -0.3 is 9.94 Å². The zero-order chi connectivity index (χ0) is 11.8. The van der Waals surface area contributed by atoms with Crippen LogP contribution in [-0.2, 0) is 18.5 Å². The van der Waals surface area contributed by atoms with E-state index in [9.17, 15) is 0 Å². The monoisotopic (exact) mass is 222 g/mol. The molecule has 1 aromatic rings. The lowest BCUT2D eigenvalue weighted by Gasteiger charge is -2.00. The summed E-state index contributed by atoms with van der Waals surface area (Å²) in [5, 5.41) is 11.5. The summed E-state index contributed by atoms with van der Waals surface area (Å²) in [7, 11) is 1.87. The van der Waals surface area contributed by atoms with E-state index in [1.165, 1.54) is 6.21 Å². The second kappa shape index (κ2) is 6.64. The zero-order valence-electron chi connectivity index (χ0n) is 9.33. The Hall–Kier alpha value is -1.80. The van der Waals surface area contributed by atoms with Crippen molar-refractivity contribution in [1.82, 2.24) is 4.57 Å². The molecule has 0 atom stereocenters. The molecule has 86 valence electrons. The van der Waals surface area contributed by atoms with Crippen molar-refractivity contribution in [2.75, 3.05) is 6.61 Å². The first-order chi connectivity index (χ1) is 7.79. The van der Waals surface area contributed by atoms with Gasteiger partial charge in [-0.3, -0.25) is 0 Å². The van der Waals surface area contributed by atoms with Gasteiger partial charge in [0, 0.05) is 6.42 Å². The predicted octanol–water partition coefficient (Wildman–Crippen LogP) is 0.508. The first kappa shape index (κ1) is 12.3. The molecular weight excluding hydrogens is 206 g/mol. The number of rotatable bonds is 6. The summed E-state index contributed by atoms with van der Waals surface area (Å²) in [6.45, 7) is 1.05. The molecule has 0 aromatic carbocycles. The van der Waals surface area contributed by atoms with E-state index >= 15 is 0 Å². The maximum absolute atomic E-state index is 8.51. The van der Waals surface area contributed by atoms with Crippen LogP contribution in [0.4, 0.5) is 0 Å². The molecule has 0 unspecified atom stereocenters. The van der Waals surface area contributed by atoms with Gasteiger partial charge in [0.1, 0.15) is 12.4 Å². The number of aryl methyl sites for hydroxylation is 1. The maximum Gasteiger partial charge on any atom is 0.305 e. The van der Waals surface area contributed by atoms with Gasteiger partial charge in [-0.15, -0.1) is 12.3 Å². The molecule has 0 radical (unpaired) electrons. The third-order valence-electron chi connectivity index (χ3n) is 2.14. The van der Waals surface area contributed by atoms with Crippen molar-refractivity contribution in [1.29, 1.82) is 0 Å². The molecule has 0 saturated heterocycles. The van der Waals surface area contributed by atoms with Gasteiger partial charge in [0.15, 0.2) is 12.9 Å². The summed E-state index contributed by atoms with van der Waals surface area (Å²) >= 11 is 0. The van der Waals surface area contributed by atoms with Gasteiger partial charge in [-0.25, -0.2) is 9.13 Å². The Morgan fingerprint density at radius 1 is 1.75 bits per heavy atom. The summed E-state index contributed by atoms with van der Waals surface area (Å²) in [4.78, 5) is 0. The highest BCUT2D eigenvalue weighted by Gasteiger charge is 2.11. The van der Waals surface area contributed by atoms with E-state index in [-0.39, 0.29) is 0 Å². The van der Waals surface area contributed by atoms with E-state index < -0.39 is 0 Å². The third-order valence-corrected chi connectivity index (χ3v) is 2.14. The number of hydrogen-bond donors (Lipinski definition) is 1. The van der Waals surface area contributed by atoms with E-state index in [1.54, 1.807) is 0 Å². The van der Waals surface area contributed by atoms with Crippen LogP contribution < -0.4 is 4.57 Å². The molecule has 0 amide bonds. The van der Waals surface area contributed by atoms with Crippen LogP contribution in [0.2, 0.25) is 0 Å². The molecule has 0 fully saturated rings. The minimum absolute atomic E-state index is 0.423. The van der Waals surface area contributed by atoms with Crippen molar-refractivity contribution in [3.63, 3.8) is 0 Å². The Kier molecular flexibility index (Phi) is 5.09. The summed E-state index contributed by atoms with van der Waals surface area (Å²) in [5.74, 6) is 3.32. The average molecular weight is 222 g/mol. The first-order valence-electron chi connectivity index (χ1n) is 5.03. The van der Waals surface area contributed by atoms with Gasteiger partial charge in [0.05, 0.1) is 13.7 Å². The number of unbranched alkanes of at least 4 members (excludes halogenated alkanes) is 1. The topological polar surface area (TPSA) is 50.6 Å². The number of aromatic nitrogens is 2. The van der Waals surface area contributed by atoms with Crippen LogP contribution in [0.1, 0.15) is 18.7 Å². The Labute approximate surface area is 95.0 Å². The number of terminal acetylenes is 1. The standard InChI is InChI=1S/C11H15N3O2/c1-3-4-5-8-16-10-14-7-6-13(2)11(14)9-12-15/h1,6-7,9H,4-5,8,10H2,2H3/p+1. The van der Waals surface area contributed by atoms with E-state index in [2.05, 4.69) is 11.1 Å². The van der Waals surface area contributed by atoms with Crippen molar-refractivity contribution in [2.24, 2.45) is 12.2 Å². The third kappa shape index (κ3) is 3.41. The van der Waals surface area contributed by atoms with Gasteiger partial charge in [0.25, 0.3) is 0 Å². The van der Waals surface area contributed by atoms with E-state index in [0.29, 0.717) is 13.3 Å². The SMILES string of the molecule is C#CCCCOCn1cc[n+](C)c1/C=N/O. The Balaban J connectivity index is 2.45. The van der Waals surface area contributed by atoms with Gasteiger partial charge in [-0.2, -0.15) is 0 Å². The van der Waals surface area contributed by atoms with E-state index in [1.807, 2.05) is 28.6 Å². The van der Waals surface area contributed by atoms with E-state index in [4.69, 9.17) is 16.4 Å². The van der Waals surface area contributed by atoms with Crippen LogP contribution in [0, 0.1) is 12.3 Å². The van der Waals surface area contributed by atoms with Crippen molar-refractivity contribution in [2.45, 2.75) is 19.6 Å². The molecule has 5 nitrogen and oxygen atoms in total. The summed E-state index contributed by atoms with van der Waals surface area (Å²) in [6, 6.07) is 0. The van der Waals surface area contributed by atoms with Crippen molar-refractivity contribution >= 4 is 6.21 Å². The minimum Gasteiger partial charge on any atom is -0.411 e. The summed E-state index contributed by atoms with van der Waals surface area (Å²) in [5.41, 5.74) is 0. The molecule has 16 heavy (non-hydrogen) atoms. The molecule has 0 aliphatic rings. The summed E-state index contributed by atoms with van der Waals surface area (Å²) in [6.07, 6.45) is 11.8. The van der Waals surface area contributed by atoms with Crippen molar-refractivity contribution in [3.8, 4) is 12.3 Å². The number of ether oxygens (including phenoxy) is 1. The van der Waals surface area contributed by atoms with Gasteiger partial charge >= 0.3 is 5.82 Å². The molecule has 0 saturated carbocycles. The first-order valence-corrected chi connectivity index (χ1v) is 5.03. The lowest BCUT2D eigenvalue weighted by molar-refractivity contribution is -0.672. The van der Waals surface area contributed by atoms with Gasteiger partial charge in [-0.1, -0.05) is 5.16 Å². The second-order valence-electron chi connectivity index (χ2n) is 3.33. The quantitative estimate of drug-likeness (QED) is 0.190. The highest BCUT2D eigenvalue weighted by Crippen LogP contribution is 1.95. The van der Waals surface area contributed by atoms with Crippen LogP contribution in [0.25, 0.3) is 0 Å². The lowest BCUT2D eigenvalue weighted by Crippen LogP contribution is -2.32. The molecule has 1 rings (SSSR count). The summed E-state index contributed by atoms with van der Waals surface area (Å²) < 4.78 is 9.11. The molecule has 0 aliphatic heterocycles. The molecule has 1 heterocycles. The Bertz CT molecular complexity index is 390. The average Bonchev–Trinajstić information content (AvgIpc) is 2.62. The van der Waals surface area contributed by atoms with Gasteiger partial charge in [-0.05, 0) is 6.42 Å². The molecule has 1 aromatic heterocycles. The van der Waals surface area contributed by atoms with Crippen molar-refractivity contribution in [3.05, 3.63) is 18.2 Å². The van der Waals surface area contributed by atoms with Crippen LogP contribution in [0.5, 0.6) is 0 Å². The fraction of sp³-hybridized carbons (Fsp3) is 0.455. The predicted molar refractivity (Wildman–Crippen MR) is 59.0 cm³/mol. The zero-order valence-corrected chi connectivity index (χ0v) is 9.33. The second-order valence-corrected chi connectivity index (χ2v) is 3.33. The highest BCUT2D eigenvalue weighted by atomic mass is 16.5. The molecule has 1 N–H and O–H groups in total. The Morgan fingerprint density at radius 3 is 3.25 bits per heavy atom. The Morgan fingerprint density at radius 2 is 2.56 bits per heavy atom. The number of imidazole rings is 1.